The second-order valence-electron chi connectivity index (χ2n) is 5.55. The molecule has 22 heavy (non-hydrogen) atoms. The normalized spacial score (nSPS) is 16.8. The number of nitrogens with one attached hydrogen (secondary N) is 1. The molecule has 124 valence electrons. The Morgan fingerprint density at radius 2 is 1.77 bits per heavy atom. The van der Waals surface area contributed by atoms with Crippen LogP contribution in [0.4, 0.5) is 0 Å². The van der Waals surface area contributed by atoms with Gasteiger partial charge in [-0.3, -0.25) is 9.36 Å². The topological polar surface area (TPSA) is 93.4 Å². The molecule has 0 unspecified atom stereocenters. The van der Waals surface area contributed by atoms with Crippen LogP contribution in [0.1, 0.15) is 19.3 Å². The molecule has 1 aromatic rings. The summed E-state index contributed by atoms with van der Waals surface area (Å²) in [5, 5.41) is 0. The molecule has 0 amide bonds. The van der Waals surface area contributed by atoms with Gasteiger partial charge in [-0.25, -0.2) is 17.9 Å². The number of aromatic nitrogens is 2. The molecule has 0 aromatic carbocycles. The minimum Gasteiger partial charge on any atom is -0.302 e. The lowest BCUT2D eigenvalue weighted by Crippen LogP contribution is -2.43. The minimum absolute atomic E-state index is 0.244. The first-order valence-corrected chi connectivity index (χ1v) is 8.80. The molecule has 8 nitrogen and oxygen atoms in total. The van der Waals surface area contributed by atoms with Gasteiger partial charge in [-0.05, 0) is 25.9 Å². The standard InChI is InChI=1S/C13H22N4O4S/c1-15-10-11(12(18)16(2)13(15)19)22(20,21)14-6-9-17-7-4-3-5-8-17/h10,14H,3-9H2,1-2H3. The van der Waals surface area contributed by atoms with Crippen LogP contribution in [-0.2, 0) is 24.1 Å². The van der Waals surface area contributed by atoms with E-state index in [-0.39, 0.29) is 6.54 Å². The van der Waals surface area contributed by atoms with E-state index in [9.17, 15) is 18.0 Å². The zero-order valence-corrected chi connectivity index (χ0v) is 13.7. The van der Waals surface area contributed by atoms with Gasteiger partial charge in [0.2, 0.25) is 10.0 Å². The lowest BCUT2D eigenvalue weighted by molar-refractivity contribution is 0.232. The number of piperidine rings is 1. The molecule has 0 spiro atoms. The maximum atomic E-state index is 12.3. The van der Waals surface area contributed by atoms with Crippen LogP contribution in [-0.4, -0.2) is 48.6 Å². The first-order chi connectivity index (χ1) is 10.3. The second-order valence-corrected chi connectivity index (χ2v) is 7.29. The van der Waals surface area contributed by atoms with Gasteiger partial charge in [0.05, 0.1) is 0 Å². The summed E-state index contributed by atoms with van der Waals surface area (Å²) in [4.78, 5) is 25.4. The predicted molar refractivity (Wildman–Crippen MR) is 82.4 cm³/mol. The Morgan fingerprint density at radius 3 is 2.41 bits per heavy atom. The van der Waals surface area contributed by atoms with Gasteiger partial charge >= 0.3 is 5.69 Å². The third kappa shape index (κ3) is 3.65. The molecule has 9 heteroatoms. The third-order valence-corrected chi connectivity index (χ3v) is 5.32. The Hall–Kier alpha value is -1.45. The highest BCUT2D eigenvalue weighted by molar-refractivity contribution is 7.89. The maximum Gasteiger partial charge on any atom is 0.330 e. The largest absolute Gasteiger partial charge is 0.330 e. The van der Waals surface area contributed by atoms with Crippen molar-refractivity contribution < 1.29 is 8.42 Å². The lowest BCUT2D eigenvalue weighted by atomic mass is 10.1. The average Bonchev–Trinajstić information content (AvgIpc) is 2.49. The molecule has 1 aliphatic rings. The first kappa shape index (κ1) is 16.9. The van der Waals surface area contributed by atoms with E-state index >= 15 is 0 Å². The van der Waals surface area contributed by atoms with Gasteiger partial charge in [0, 0.05) is 33.4 Å². The molecular formula is C13H22N4O4S. The number of rotatable bonds is 5. The van der Waals surface area contributed by atoms with Crippen LogP contribution in [0.15, 0.2) is 20.7 Å². The summed E-state index contributed by atoms with van der Waals surface area (Å²) >= 11 is 0. The van der Waals surface area contributed by atoms with Gasteiger partial charge in [-0.1, -0.05) is 6.42 Å². The smallest absolute Gasteiger partial charge is 0.302 e. The van der Waals surface area contributed by atoms with Crippen LogP contribution < -0.4 is 16.0 Å². The Balaban J connectivity index is 2.10. The summed E-state index contributed by atoms with van der Waals surface area (Å²) in [5.41, 5.74) is -1.37. The molecule has 2 heterocycles. The molecule has 0 saturated carbocycles. The number of hydrogen-bond acceptors (Lipinski definition) is 5. The second kappa shape index (κ2) is 6.76. The number of hydrogen-bond donors (Lipinski definition) is 1. The summed E-state index contributed by atoms with van der Waals surface area (Å²) in [6.45, 7) is 2.81. The Labute approximate surface area is 129 Å². The third-order valence-electron chi connectivity index (χ3n) is 3.87. The van der Waals surface area contributed by atoms with Crippen LogP contribution >= 0.6 is 0 Å². The van der Waals surface area contributed by atoms with Crippen LogP contribution in [0.3, 0.4) is 0 Å². The van der Waals surface area contributed by atoms with Gasteiger partial charge in [0.1, 0.15) is 0 Å². The van der Waals surface area contributed by atoms with E-state index in [0.717, 1.165) is 41.3 Å². The zero-order valence-electron chi connectivity index (χ0n) is 12.9. The number of nitrogens with zero attached hydrogens (tertiary/aromatic N) is 3. The molecule has 0 radical (unpaired) electrons. The van der Waals surface area contributed by atoms with Crippen molar-refractivity contribution in [1.29, 1.82) is 0 Å². The van der Waals surface area contributed by atoms with Crippen molar-refractivity contribution in [2.45, 2.75) is 24.2 Å². The monoisotopic (exact) mass is 330 g/mol. The number of aryl methyl sites for hydroxylation is 1. The van der Waals surface area contributed by atoms with Crippen molar-refractivity contribution >= 4 is 10.0 Å². The van der Waals surface area contributed by atoms with Crippen LogP contribution in [0, 0.1) is 0 Å². The summed E-state index contributed by atoms with van der Waals surface area (Å²) in [5.74, 6) is 0. The maximum absolute atomic E-state index is 12.3. The molecule has 1 fully saturated rings. The molecule has 1 aliphatic heterocycles. The van der Waals surface area contributed by atoms with Crippen molar-refractivity contribution in [2.24, 2.45) is 14.1 Å². The van der Waals surface area contributed by atoms with Crippen LogP contribution in [0.2, 0.25) is 0 Å². The molecule has 1 N–H and O–H groups in total. The quantitative estimate of drug-likeness (QED) is 0.736. The fraction of sp³-hybridized carbons (Fsp3) is 0.692. The van der Waals surface area contributed by atoms with E-state index in [1.165, 1.54) is 20.5 Å². The van der Waals surface area contributed by atoms with Crippen molar-refractivity contribution in [3.8, 4) is 0 Å². The van der Waals surface area contributed by atoms with Crippen molar-refractivity contribution in [3.63, 3.8) is 0 Å². The van der Waals surface area contributed by atoms with Crippen LogP contribution in [0.5, 0.6) is 0 Å². The first-order valence-electron chi connectivity index (χ1n) is 7.31. The summed E-state index contributed by atoms with van der Waals surface area (Å²) in [6, 6.07) is 0. The van der Waals surface area contributed by atoms with E-state index in [0.29, 0.717) is 6.54 Å². The van der Waals surface area contributed by atoms with Gasteiger partial charge in [0.15, 0.2) is 4.90 Å². The Morgan fingerprint density at radius 1 is 1.14 bits per heavy atom. The molecule has 0 bridgehead atoms. The SMILES string of the molecule is Cn1cc(S(=O)(=O)NCCN2CCCCC2)c(=O)n(C)c1=O. The highest BCUT2D eigenvalue weighted by Gasteiger charge is 2.21. The Bertz CT molecular complexity index is 744. The molecule has 1 saturated heterocycles. The van der Waals surface area contributed by atoms with Crippen molar-refractivity contribution in [1.82, 2.24) is 18.8 Å². The van der Waals surface area contributed by atoms with Gasteiger partial charge in [0.25, 0.3) is 5.56 Å². The number of likely N-dealkylation sites (tertiary alicyclic amines) is 1. The fourth-order valence-electron chi connectivity index (χ4n) is 2.56. The summed E-state index contributed by atoms with van der Waals surface area (Å²) in [7, 11) is -1.25. The van der Waals surface area contributed by atoms with Crippen molar-refractivity contribution in [3.05, 3.63) is 27.0 Å². The van der Waals surface area contributed by atoms with E-state index in [1.54, 1.807) is 0 Å². The Kier molecular flexibility index (Phi) is 5.20. The van der Waals surface area contributed by atoms with Gasteiger partial charge < -0.3 is 9.47 Å². The van der Waals surface area contributed by atoms with E-state index < -0.39 is 26.2 Å². The zero-order chi connectivity index (χ0) is 16.3. The molecular weight excluding hydrogens is 308 g/mol. The van der Waals surface area contributed by atoms with E-state index in [1.807, 2.05) is 0 Å². The van der Waals surface area contributed by atoms with E-state index in [4.69, 9.17) is 0 Å². The highest BCUT2D eigenvalue weighted by atomic mass is 32.2. The van der Waals surface area contributed by atoms with Crippen LogP contribution in [0.25, 0.3) is 0 Å². The number of sulfonamides is 1. The lowest BCUT2D eigenvalue weighted by Gasteiger charge is -2.26. The fourth-order valence-corrected chi connectivity index (χ4v) is 3.74. The molecule has 0 atom stereocenters. The summed E-state index contributed by atoms with van der Waals surface area (Å²) in [6.07, 6.45) is 4.55. The minimum atomic E-state index is -3.92. The van der Waals surface area contributed by atoms with E-state index in [2.05, 4.69) is 9.62 Å². The van der Waals surface area contributed by atoms with Gasteiger partial charge in [-0.15, -0.1) is 0 Å². The van der Waals surface area contributed by atoms with Crippen molar-refractivity contribution in [2.75, 3.05) is 26.2 Å². The van der Waals surface area contributed by atoms with Gasteiger partial charge in [-0.2, -0.15) is 0 Å². The highest BCUT2D eigenvalue weighted by Crippen LogP contribution is 2.07. The summed E-state index contributed by atoms with van der Waals surface area (Å²) < 4.78 is 28.8. The molecule has 2 rings (SSSR count). The molecule has 1 aromatic heterocycles. The molecule has 0 aliphatic carbocycles. The average molecular weight is 330 g/mol. The predicted octanol–water partition coefficient (Wildman–Crippen LogP) is -1.15.